The predicted octanol–water partition coefficient (Wildman–Crippen LogP) is 5.78. The lowest BCUT2D eigenvalue weighted by molar-refractivity contribution is 0.0974. The highest BCUT2D eigenvalue weighted by Gasteiger charge is 2.47. The molecule has 7 rings (SSSR count). The molecule has 252 valence electrons. The number of aromatic nitrogens is 6. The first-order valence-electron chi connectivity index (χ1n) is 15.4. The van der Waals surface area contributed by atoms with Crippen LogP contribution in [0.2, 0.25) is 5.02 Å². The lowest BCUT2D eigenvalue weighted by Crippen LogP contribution is -2.50. The summed E-state index contributed by atoms with van der Waals surface area (Å²) in [5, 5.41) is 4.96. The van der Waals surface area contributed by atoms with Crippen LogP contribution in [0, 0.1) is 5.41 Å². The number of hydrogen-bond donors (Lipinski definition) is 2. The first-order chi connectivity index (χ1) is 22.7. The summed E-state index contributed by atoms with van der Waals surface area (Å²) in [6, 6.07) is 10.9. The number of halogens is 2. The molecule has 1 spiro atoms. The Morgan fingerprint density at radius 2 is 1.85 bits per heavy atom. The summed E-state index contributed by atoms with van der Waals surface area (Å²) in [5.41, 5.74) is 8.34. The van der Waals surface area contributed by atoms with Crippen molar-refractivity contribution in [3.8, 4) is 11.3 Å². The van der Waals surface area contributed by atoms with E-state index in [2.05, 4.69) is 37.1 Å². The maximum absolute atomic E-state index is 12.8. The van der Waals surface area contributed by atoms with Gasteiger partial charge in [0.1, 0.15) is 10.8 Å². The molecule has 5 aromatic rings. The number of para-hydroxylation sites is 1. The Bertz CT molecular complexity index is 2040. The van der Waals surface area contributed by atoms with Gasteiger partial charge >= 0.3 is 0 Å². The minimum Gasteiger partial charge on any atom is -0.376 e. The highest BCUT2D eigenvalue weighted by molar-refractivity contribution is 7.99. The Morgan fingerprint density at radius 3 is 2.56 bits per heavy atom. The third-order valence-electron chi connectivity index (χ3n) is 9.12. The molecule has 1 aromatic carbocycles. The van der Waals surface area contributed by atoms with Crippen LogP contribution in [0.3, 0.4) is 0 Å². The monoisotopic (exact) mass is 727 g/mol. The Hall–Kier alpha value is -3.53. The minimum atomic E-state index is -3.52. The number of nitrogens with zero attached hydrogens (tertiary/aromatic N) is 7. The van der Waals surface area contributed by atoms with E-state index < -0.39 is 10.0 Å². The predicted molar refractivity (Wildman–Crippen MR) is 191 cm³/mol. The van der Waals surface area contributed by atoms with E-state index >= 15 is 0 Å². The van der Waals surface area contributed by atoms with Crippen molar-refractivity contribution in [1.82, 2.24) is 28.9 Å². The van der Waals surface area contributed by atoms with Crippen molar-refractivity contribution in [2.75, 3.05) is 35.7 Å². The highest BCUT2D eigenvalue weighted by Crippen LogP contribution is 2.42. The molecule has 16 heteroatoms. The molecule has 0 aliphatic carbocycles. The number of anilines is 3. The molecule has 12 nitrogen and oxygen atoms in total. The van der Waals surface area contributed by atoms with Crippen LogP contribution in [0.4, 0.5) is 17.6 Å². The van der Waals surface area contributed by atoms with Crippen LogP contribution in [0.15, 0.2) is 77.3 Å². The maximum Gasteiger partial charge on any atom is 0.238 e. The van der Waals surface area contributed by atoms with Gasteiger partial charge in [-0.15, -0.1) is 12.4 Å². The summed E-state index contributed by atoms with van der Waals surface area (Å²) < 4.78 is 32.8. The zero-order valence-electron chi connectivity index (χ0n) is 26.3. The van der Waals surface area contributed by atoms with Gasteiger partial charge in [-0.1, -0.05) is 41.6 Å². The van der Waals surface area contributed by atoms with Crippen LogP contribution >= 0.6 is 35.8 Å². The van der Waals surface area contributed by atoms with Crippen LogP contribution < -0.4 is 16.0 Å². The second-order valence-corrected chi connectivity index (χ2v) is 15.4. The van der Waals surface area contributed by atoms with E-state index in [1.165, 1.54) is 15.7 Å². The Morgan fingerprint density at radius 1 is 1.08 bits per heavy atom. The quantitative estimate of drug-likeness (QED) is 0.199. The van der Waals surface area contributed by atoms with Gasteiger partial charge in [-0.3, -0.25) is 0 Å². The number of pyridine rings is 1. The van der Waals surface area contributed by atoms with Crippen molar-refractivity contribution in [2.45, 2.75) is 48.8 Å². The van der Waals surface area contributed by atoms with Crippen molar-refractivity contribution < 1.29 is 13.2 Å². The largest absolute Gasteiger partial charge is 0.376 e. The lowest BCUT2D eigenvalue weighted by atomic mass is 9.73. The van der Waals surface area contributed by atoms with E-state index in [0.29, 0.717) is 32.6 Å². The third-order valence-corrected chi connectivity index (χ3v) is 12.2. The molecule has 2 aliphatic heterocycles. The summed E-state index contributed by atoms with van der Waals surface area (Å²) in [7, 11) is -3.52. The summed E-state index contributed by atoms with van der Waals surface area (Å²) in [6.07, 6.45) is 10.4. The topological polar surface area (TPSA) is 154 Å². The van der Waals surface area contributed by atoms with Crippen LogP contribution in [0.1, 0.15) is 26.7 Å². The fourth-order valence-electron chi connectivity index (χ4n) is 6.28. The van der Waals surface area contributed by atoms with E-state index in [1.54, 1.807) is 50.0 Å². The number of benzene rings is 1. The Balaban J connectivity index is 0.00000401. The molecule has 0 bridgehead atoms. The number of hydrogen-bond acceptors (Lipinski definition) is 12. The van der Waals surface area contributed by atoms with Crippen LogP contribution in [0.5, 0.6) is 0 Å². The zero-order chi connectivity index (χ0) is 32.8. The third kappa shape index (κ3) is 6.44. The number of nitrogens with two attached hydrogens (primary N) is 1. The first-order valence-corrected chi connectivity index (χ1v) is 18.2. The van der Waals surface area contributed by atoms with Gasteiger partial charge in [-0.2, -0.15) is 0 Å². The van der Waals surface area contributed by atoms with E-state index in [1.807, 2.05) is 24.3 Å². The number of rotatable bonds is 8. The van der Waals surface area contributed by atoms with Gasteiger partial charge in [0.15, 0.2) is 5.82 Å². The molecule has 2 atom stereocenters. The van der Waals surface area contributed by atoms with Crippen molar-refractivity contribution in [3.63, 3.8) is 0 Å². The second kappa shape index (κ2) is 13.8. The number of fused-ring (bicyclic) bond motifs is 1. The molecule has 0 radical (unpaired) electrons. The molecule has 4 aromatic heterocycles. The zero-order valence-corrected chi connectivity index (χ0v) is 29.5. The van der Waals surface area contributed by atoms with Crippen molar-refractivity contribution >= 4 is 74.3 Å². The van der Waals surface area contributed by atoms with Gasteiger partial charge in [0, 0.05) is 59.0 Å². The smallest absolute Gasteiger partial charge is 0.238 e. The van der Waals surface area contributed by atoms with Gasteiger partial charge in [-0.05, 0) is 44.9 Å². The summed E-state index contributed by atoms with van der Waals surface area (Å²) in [4.78, 5) is 25.8. The van der Waals surface area contributed by atoms with Crippen molar-refractivity contribution in [3.05, 3.63) is 72.4 Å². The molecule has 2 aliphatic rings. The standard InChI is InChI=1S/C32H34ClN9O3S2.ClH/c1-3-47(43,44)42-18-22(21-6-4-5-7-24(21)42)23-8-12-36-31(39-23)40-30-28(33)25(9-13-35-30)46-27-17-37-26(16-38-27)41-14-10-32(11-15-41)19-45-20(2)29(32)34;/h4-9,12-13,16-18,20,29H,3,10-11,14-15,19,34H2,1-2H3,(H,35,36,39,40);1H/t20-,29+;/m0./s1. The molecule has 3 N–H and O–H groups in total. The Kier molecular flexibility index (Phi) is 9.85. The first kappa shape index (κ1) is 34.3. The SMILES string of the molecule is CCS(=O)(=O)n1cc(-c2ccnc(Nc3nccc(Sc4cnc(N5CCC6(CC5)CO[C@@H](C)[C@H]6N)cn4)c3Cl)n2)c2ccccc21.Cl. The average molecular weight is 729 g/mol. The van der Waals surface area contributed by atoms with E-state index in [9.17, 15) is 8.42 Å². The average Bonchev–Trinajstić information content (AvgIpc) is 3.62. The molecule has 0 unspecified atom stereocenters. The number of ether oxygens (including phenoxy) is 1. The van der Waals surface area contributed by atoms with E-state index in [0.717, 1.165) is 48.6 Å². The summed E-state index contributed by atoms with van der Waals surface area (Å²) in [6.45, 7) is 6.12. The highest BCUT2D eigenvalue weighted by atomic mass is 35.5. The molecule has 0 amide bonds. The molecule has 0 saturated carbocycles. The van der Waals surface area contributed by atoms with Gasteiger partial charge in [0.25, 0.3) is 0 Å². The molecular formula is C32H35Cl2N9O3S2. The second-order valence-electron chi connectivity index (χ2n) is 11.8. The lowest BCUT2D eigenvalue weighted by Gasteiger charge is -2.41. The molecule has 2 fully saturated rings. The van der Waals surface area contributed by atoms with E-state index in [-0.39, 0.29) is 41.7 Å². The molecular weight excluding hydrogens is 693 g/mol. The number of nitrogens with one attached hydrogen (secondary N) is 1. The summed E-state index contributed by atoms with van der Waals surface area (Å²) in [5.74, 6) is 1.45. The molecule has 48 heavy (non-hydrogen) atoms. The van der Waals surface area contributed by atoms with Crippen molar-refractivity contribution in [1.29, 1.82) is 0 Å². The van der Waals surface area contributed by atoms with Gasteiger partial charge in [0.05, 0.1) is 47.1 Å². The summed E-state index contributed by atoms with van der Waals surface area (Å²) >= 11 is 8.18. The Labute approximate surface area is 294 Å². The van der Waals surface area contributed by atoms with Gasteiger partial charge in [-0.25, -0.2) is 37.3 Å². The molecule has 6 heterocycles. The van der Waals surface area contributed by atoms with Crippen LogP contribution in [-0.4, -0.2) is 74.9 Å². The fourth-order valence-corrected chi connectivity index (χ4v) is 8.31. The van der Waals surface area contributed by atoms with Crippen LogP contribution in [0.25, 0.3) is 22.2 Å². The number of piperidine rings is 1. The normalized spacial score (nSPS) is 19.0. The minimum absolute atomic E-state index is 0. The van der Waals surface area contributed by atoms with Gasteiger partial charge < -0.3 is 20.7 Å². The van der Waals surface area contributed by atoms with Gasteiger partial charge in [0.2, 0.25) is 16.0 Å². The maximum atomic E-state index is 12.8. The van der Waals surface area contributed by atoms with Crippen LogP contribution in [-0.2, 0) is 14.8 Å². The van der Waals surface area contributed by atoms with Crippen molar-refractivity contribution in [2.24, 2.45) is 11.1 Å². The molecule has 2 saturated heterocycles. The fraction of sp³-hybridized carbons (Fsp3) is 0.344. The van der Waals surface area contributed by atoms with E-state index in [4.69, 9.17) is 27.1 Å².